The van der Waals surface area contributed by atoms with E-state index in [1.165, 1.54) is 19.1 Å². The number of H-pyrrole nitrogens is 1. The van der Waals surface area contributed by atoms with Gasteiger partial charge in [0.2, 0.25) is 5.91 Å². The van der Waals surface area contributed by atoms with Crippen LogP contribution in [0.25, 0.3) is 10.9 Å². The molecule has 0 saturated heterocycles. The number of nitrogens with zero attached hydrogens (tertiary/aromatic N) is 2. The van der Waals surface area contributed by atoms with Crippen molar-refractivity contribution in [2.75, 3.05) is 11.4 Å². The Labute approximate surface area is 257 Å². The van der Waals surface area contributed by atoms with E-state index in [0.29, 0.717) is 29.0 Å². The fourth-order valence-electron chi connectivity index (χ4n) is 4.52. The predicted octanol–water partition coefficient (Wildman–Crippen LogP) is 1.51. The molecule has 1 aromatic heterocycles. The van der Waals surface area contributed by atoms with Gasteiger partial charge in [0.25, 0.3) is 11.5 Å². The van der Waals surface area contributed by atoms with Crippen LogP contribution in [-0.4, -0.2) is 73.6 Å². The summed E-state index contributed by atoms with van der Waals surface area (Å²) >= 11 is 0. The minimum Gasteiger partial charge on any atom is -0.481 e. The number of rotatable bonds is 15. The maximum Gasteiger partial charge on any atom is 0.326 e. The van der Waals surface area contributed by atoms with E-state index in [2.05, 4.69) is 26.5 Å². The van der Waals surface area contributed by atoms with Gasteiger partial charge in [-0.05, 0) is 61.7 Å². The first-order valence-corrected chi connectivity index (χ1v) is 13.9. The van der Waals surface area contributed by atoms with Gasteiger partial charge < -0.3 is 35.8 Å². The number of aromatic nitrogens is 2. The van der Waals surface area contributed by atoms with Crippen LogP contribution in [0, 0.1) is 25.2 Å². The Balaban J connectivity index is 1.78. The molecule has 3 aromatic rings. The van der Waals surface area contributed by atoms with Crippen LogP contribution in [0.3, 0.4) is 0 Å². The van der Waals surface area contributed by atoms with Crippen LogP contribution in [0.15, 0.2) is 47.3 Å². The number of carbonyl (C=O) groups excluding carboxylic acids is 2. The van der Waals surface area contributed by atoms with Crippen molar-refractivity contribution < 1.29 is 39.3 Å². The van der Waals surface area contributed by atoms with Gasteiger partial charge in [0, 0.05) is 24.2 Å². The highest BCUT2D eigenvalue weighted by Crippen LogP contribution is 2.20. The minimum absolute atomic E-state index is 0.125. The fraction of sp³-hybridized carbons (Fsp3) is 0.323. The average Bonchev–Trinajstić information content (AvgIpc) is 2.98. The van der Waals surface area contributed by atoms with Crippen LogP contribution in [0.2, 0.25) is 0 Å². The fourth-order valence-corrected chi connectivity index (χ4v) is 4.52. The number of carboxylic acids is 3. The number of amides is 2. The minimum atomic E-state index is -1.56. The summed E-state index contributed by atoms with van der Waals surface area (Å²) in [6.45, 7) is 3.56. The van der Waals surface area contributed by atoms with E-state index in [1.807, 2.05) is 11.0 Å². The second-order valence-electron chi connectivity index (χ2n) is 10.4. The molecule has 0 spiro atoms. The number of aliphatic carboxylic acids is 3. The van der Waals surface area contributed by atoms with Crippen molar-refractivity contribution in [3.63, 3.8) is 0 Å². The zero-order valence-electron chi connectivity index (χ0n) is 24.6. The van der Waals surface area contributed by atoms with E-state index in [9.17, 15) is 39.0 Å². The molecular weight excluding hydrogens is 586 g/mol. The van der Waals surface area contributed by atoms with Crippen molar-refractivity contribution in [2.24, 2.45) is 5.92 Å². The average molecular weight is 620 g/mol. The van der Waals surface area contributed by atoms with E-state index in [1.54, 1.807) is 31.2 Å². The van der Waals surface area contributed by atoms with Crippen LogP contribution in [0.5, 0.6) is 0 Å². The highest BCUT2D eigenvalue weighted by molar-refractivity contribution is 5.98. The van der Waals surface area contributed by atoms with Gasteiger partial charge in [-0.25, -0.2) is 9.78 Å². The molecule has 0 bridgehead atoms. The summed E-state index contributed by atoms with van der Waals surface area (Å²) in [5.41, 5.74) is 1.86. The summed E-state index contributed by atoms with van der Waals surface area (Å²) < 4.78 is 0. The smallest absolute Gasteiger partial charge is 0.326 e. The van der Waals surface area contributed by atoms with Gasteiger partial charge in [0.15, 0.2) is 0 Å². The quantitative estimate of drug-likeness (QED) is 0.134. The molecule has 3 atom stereocenters. The standard InChI is InChI=1S/C31H33N5O9/c1-4-13-36(16-19-5-10-23-22(15-19)28(40)33-18(3)32-23)21-8-6-20(7-9-21)27(39)35-25(14-17(2)30(42)43)29(41)34-24(31(44)45)11-12-26(37)38/h1,5-10,15,17,24-25H,11-14,16H2,2-3H3,(H,34,41)(H,35,39)(H,37,38)(H,42,43)(H,44,45)(H,32,33,40)/t17?,24-,25-/m0/s1. The Morgan fingerprint density at radius 2 is 1.69 bits per heavy atom. The number of aryl methyl sites for hydroxylation is 1. The number of hydrogen-bond donors (Lipinski definition) is 6. The van der Waals surface area contributed by atoms with E-state index in [0.717, 1.165) is 5.56 Å². The maximum absolute atomic E-state index is 13.1. The second kappa shape index (κ2) is 15.1. The molecule has 6 N–H and O–H groups in total. The Hall–Kier alpha value is -5.71. The van der Waals surface area contributed by atoms with Crippen molar-refractivity contribution in [2.45, 2.75) is 51.7 Å². The summed E-state index contributed by atoms with van der Waals surface area (Å²) in [6.07, 6.45) is 4.30. The van der Waals surface area contributed by atoms with Crippen LogP contribution < -0.4 is 21.1 Å². The third-order valence-corrected chi connectivity index (χ3v) is 6.93. The lowest BCUT2D eigenvalue weighted by molar-refractivity contribution is -0.144. The van der Waals surface area contributed by atoms with Crippen LogP contribution in [-0.2, 0) is 25.7 Å². The lowest BCUT2D eigenvalue weighted by Crippen LogP contribution is -2.52. The normalized spacial score (nSPS) is 12.7. The van der Waals surface area contributed by atoms with Crippen LogP contribution >= 0.6 is 0 Å². The van der Waals surface area contributed by atoms with Crippen molar-refractivity contribution in [1.82, 2.24) is 20.6 Å². The first-order chi connectivity index (χ1) is 21.3. The Kier molecular flexibility index (Phi) is 11.4. The van der Waals surface area contributed by atoms with E-state index >= 15 is 0 Å². The third-order valence-electron chi connectivity index (χ3n) is 6.93. The lowest BCUT2D eigenvalue weighted by Gasteiger charge is -2.24. The molecule has 0 radical (unpaired) electrons. The molecule has 3 rings (SSSR count). The summed E-state index contributed by atoms with van der Waals surface area (Å²) in [6, 6.07) is 8.54. The van der Waals surface area contributed by atoms with E-state index < -0.39 is 60.6 Å². The van der Waals surface area contributed by atoms with Gasteiger partial charge in [0.05, 0.1) is 23.4 Å². The largest absolute Gasteiger partial charge is 0.481 e. The molecule has 14 heteroatoms. The summed E-state index contributed by atoms with van der Waals surface area (Å²) in [5, 5.41) is 32.7. The molecule has 2 aromatic carbocycles. The highest BCUT2D eigenvalue weighted by atomic mass is 16.4. The Morgan fingerprint density at radius 3 is 2.29 bits per heavy atom. The zero-order valence-corrected chi connectivity index (χ0v) is 24.6. The SMILES string of the molecule is C#CCN(Cc1ccc2nc(C)[nH]c(=O)c2c1)c1ccc(C(=O)N[C@@H](CC(C)C(=O)O)C(=O)N[C@@H](CCC(=O)O)C(=O)O)cc1. The molecule has 236 valence electrons. The number of hydrogen-bond acceptors (Lipinski definition) is 8. The van der Waals surface area contributed by atoms with E-state index in [-0.39, 0.29) is 24.1 Å². The molecule has 0 saturated carbocycles. The van der Waals surface area contributed by atoms with Gasteiger partial charge >= 0.3 is 17.9 Å². The number of carboxylic acid groups (broad SMARTS) is 3. The third kappa shape index (κ3) is 9.39. The Morgan fingerprint density at radius 1 is 1.00 bits per heavy atom. The van der Waals surface area contributed by atoms with E-state index in [4.69, 9.17) is 11.5 Å². The van der Waals surface area contributed by atoms with Crippen molar-refractivity contribution in [1.29, 1.82) is 0 Å². The molecule has 1 unspecified atom stereocenters. The highest BCUT2D eigenvalue weighted by Gasteiger charge is 2.30. The molecular formula is C31H33N5O9. The molecule has 0 aliphatic rings. The molecule has 0 aliphatic carbocycles. The maximum atomic E-state index is 13.1. The molecule has 14 nitrogen and oxygen atoms in total. The summed E-state index contributed by atoms with van der Waals surface area (Å²) in [5.74, 6) is -3.65. The zero-order chi connectivity index (χ0) is 33.3. The molecule has 2 amide bonds. The van der Waals surface area contributed by atoms with Crippen LogP contribution in [0.4, 0.5) is 5.69 Å². The van der Waals surface area contributed by atoms with Crippen molar-refractivity contribution in [3.05, 3.63) is 69.8 Å². The first kappa shape index (κ1) is 33.8. The number of benzene rings is 2. The molecule has 0 fully saturated rings. The first-order valence-electron chi connectivity index (χ1n) is 13.9. The van der Waals surface area contributed by atoms with Gasteiger partial charge in [-0.15, -0.1) is 6.42 Å². The van der Waals surface area contributed by atoms with Crippen molar-refractivity contribution >= 4 is 46.3 Å². The topological polar surface area (TPSA) is 219 Å². The number of anilines is 1. The number of nitrogens with one attached hydrogen (secondary N) is 3. The second-order valence-corrected chi connectivity index (χ2v) is 10.4. The van der Waals surface area contributed by atoms with Gasteiger partial charge in [-0.3, -0.25) is 24.0 Å². The number of terminal acetylenes is 1. The number of carbonyl (C=O) groups is 5. The van der Waals surface area contributed by atoms with Gasteiger partial charge in [-0.1, -0.05) is 18.9 Å². The van der Waals surface area contributed by atoms with Crippen molar-refractivity contribution in [3.8, 4) is 12.3 Å². The predicted molar refractivity (Wildman–Crippen MR) is 163 cm³/mol. The lowest BCUT2D eigenvalue weighted by atomic mass is 10.00. The van der Waals surface area contributed by atoms with Gasteiger partial charge in [0.1, 0.15) is 17.9 Å². The van der Waals surface area contributed by atoms with Gasteiger partial charge in [-0.2, -0.15) is 0 Å². The molecule has 45 heavy (non-hydrogen) atoms. The monoisotopic (exact) mass is 619 g/mol. The molecule has 1 heterocycles. The Bertz CT molecular complexity index is 1690. The number of aromatic amines is 1. The summed E-state index contributed by atoms with van der Waals surface area (Å²) in [4.78, 5) is 81.2. The number of fused-ring (bicyclic) bond motifs is 1. The summed E-state index contributed by atoms with van der Waals surface area (Å²) in [7, 11) is 0. The van der Waals surface area contributed by atoms with Crippen LogP contribution in [0.1, 0.15) is 47.9 Å². The molecule has 0 aliphatic heterocycles.